The number of halogens is 1. The molecule has 0 saturated carbocycles. The molecule has 0 aliphatic carbocycles. The van der Waals surface area contributed by atoms with Crippen molar-refractivity contribution in [3.8, 4) is 0 Å². The van der Waals surface area contributed by atoms with Crippen LogP contribution in [0.25, 0.3) is 0 Å². The molecule has 0 aromatic heterocycles. The minimum absolute atomic E-state index is 0.587. The first-order chi connectivity index (χ1) is 4.43. The van der Waals surface area contributed by atoms with Gasteiger partial charge in [-0.1, -0.05) is 0 Å². The molecule has 0 N–H and O–H groups in total. The topological polar surface area (TPSA) is 0 Å². The molecule has 46 valence electrons. The molecule has 0 fully saturated rings. The zero-order valence-corrected chi connectivity index (χ0v) is 5.81. The molecule has 0 spiro atoms. The van der Waals surface area contributed by atoms with Crippen LogP contribution < -0.4 is 0 Å². The highest BCUT2D eigenvalue weighted by molar-refractivity contribution is 6.18. The van der Waals surface area contributed by atoms with E-state index in [1.807, 2.05) is 36.8 Å². The maximum Gasteiger partial charge on any atom is 0.130 e. The second-order valence-corrected chi connectivity index (χ2v) is 2.08. The van der Waals surface area contributed by atoms with Crippen LogP contribution in [0, 0.1) is 6.42 Å². The Morgan fingerprint density at radius 2 is 1.89 bits per heavy atom. The molecule has 0 heterocycles. The predicted molar refractivity (Wildman–Crippen MR) is 40.6 cm³/mol. The molecule has 9 heavy (non-hydrogen) atoms. The average molecular weight is 140 g/mol. The number of alkyl halides is 1. The molecule has 0 atom stereocenters. The molecule has 1 aromatic carbocycles. The lowest BCUT2D eigenvalue weighted by atomic mass is 10.2. The highest BCUT2D eigenvalue weighted by Crippen LogP contribution is 2.01. The van der Waals surface area contributed by atoms with Crippen LogP contribution in [0.1, 0.15) is 5.56 Å². The van der Waals surface area contributed by atoms with Crippen LogP contribution in [0.5, 0.6) is 0 Å². The van der Waals surface area contributed by atoms with Crippen LogP contribution in [-0.4, -0.2) is 5.88 Å². The first-order valence-corrected chi connectivity index (χ1v) is 3.41. The third-order valence-corrected chi connectivity index (χ3v) is 1.27. The third kappa shape index (κ3) is 1.98. The number of hydrogen-bond acceptors (Lipinski definition) is 0. The van der Waals surface area contributed by atoms with Gasteiger partial charge in [-0.2, -0.15) is 0 Å². The monoisotopic (exact) mass is 139 g/mol. The van der Waals surface area contributed by atoms with Gasteiger partial charge in [-0.25, -0.2) is 0 Å². The summed E-state index contributed by atoms with van der Waals surface area (Å²) in [6, 6.07) is 10.0. The van der Waals surface area contributed by atoms with Crippen LogP contribution in [-0.2, 0) is 0 Å². The Morgan fingerprint density at radius 3 is 2.44 bits per heavy atom. The van der Waals surface area contributed by atoms with Crippen molar-refractivity contribution < 1.29 is 0 Å². The van der Waals surface area contributed by atoms with Gasteiger partial charge in [-0.3, -0.25) is 0 Å². The van der Waals surface area contributed by atoms with E-state index in [-0.39, 0.29) is 0 Å². The lowest BCUT2D eigenvalue weighted by Crippen LogP contribution is -1.79. The molecule has 0 radical (unpaired) electrons. The van der Waals surface area contributed by atoms with Crippen LogP contribution in [0.4, 0.5) is 0 Å². The summed E-state index contributed by atoms with van der Waals surface area (Å²) in [5.74, 6) is 0.587. The smallest absolute Gasteiger partial charge is 0.107 e. The Morgan fingerprint density at radius 1 is 1.22 bits per heavy atom. The van der Waals surface area contributed by atoms with Gasteiger partial charge < -0.3 is 0 Å². The van der Waals surface area contributed by atoms with Gasteiger partial charge in [0.25, 0.3) is 0 Å². The Labute approximate surface area is 60.5 Å². The van der Waals surface area contributed by atoms with E-state index in [2.05, 4.69) is 0 Å². The van der Waals surface area contributed by atoms with E-state index < -0.39 is 0 Å². The normalized spacial score (nSPS) is 9.00. The number of hydrogen-bond donors (Lipinski definition) is 0. The summed E-state index contributed by atoms with van der Waals surface area (Å²) in [6.07, 6.45) is 1.97. The van der Waals surface area contributed by atoms with Gasteiger partial charge >= 0.3 is 0 Å². The molecule has 0 nitrogen and oxygen atoms in total. The van der Waals surface area contributed by atoms with Crippen molar-refractivity contribution >= 4 is 11.6 Å². The summed E-state index contributed by atoms with van der Waals surface area (Å²) in [5, 5.41) is 0. The number of benzene rings is 1. The van der Waals surface area contributed by atoms with E-state index in [1.54, 1.807) is 0 Å². The number of rotatable bonds is 2. The molecule has 0 unspecified atom stereocenters. The summed E-state index contributed by atoms with van der Waals surface area (Å²) in [4.78, 5) is 0. The summed E-state index contributed by atoms with van der Waals surface area (Å²) >= 11 is 5.48. The molecular weight excluding hydrogens is 132 g/mol. The van der Waals surface area contributed by atoms with E-state index in [9.17, 15) is 0 Å². The van der Waals surface area contributed by atoms with E-state index in [0.29, 0.717) is 5.88 Å². The summed E-state index contributed by atoms with van der Waals surface area (Å²) < 4.78 is 0. The zero-order chi connectivity index (χ0) is 6.53. The van der Waals surface area contributed by atoms with Gasteiger partial charge in [0.2, 0.25) is 0 Å². The van der Waals surface area contributed by atoms with Crippen molar-refractivity contribution in [2.75, 3.05) is 5.88 Å². The van der Waals surface area contributed by atoms with Crippen LogP contribution in [0.3, 0.4) is 0 Å². The second kappa shape index (κ2) is 3.41. The van der Waals surface area contributed by atoms with Crippen molar-refractivity contribution in [1.82, 2.24) is 0 Å². The molecule has 0 saturated heterocycles. The molecule has 1 aromatic rings. The van der Waals surface area contributed by atoms with E-state index in [4.69, 9.17) is 11.6 Å². The van der Waals surface area contributed by atoms with Crippen LogP contribution in [0.2, 0.25) is 0 Å². The van der Waals surface area contributed by atoms with Crippen LogP contribution in [0.15, 0.2) is 30.3 Å². The van der Waals surface area contributed by atoms with Gasteiger partial charge in [-0.15, -0.1) is 11.6 Å². The summed E-state index contributed by atoms with van der Waals surface area (Å²) in [5.41, 5.74) is 1.19. The van der Waals surface area contributed by atoms with Gasteiger partial charge in [0, 0.05) is 18.6 Å². The summed E-state index contributed by atoms with van der Waals surface area (Å²) in [7, 11) is 0. The Kier molecular flexibility index (Phi) is 2.47. The van der Waals surface area contributed by atoms with E-state index in [0.717, 1.165) is 0 Å². The first-order valence-electron chi connectivity index (χ1n) is 2.87. The lowest BCUT2D eigenvalue weighted by molar-refractivity contribution is 1.43. The molecular formula is C8H8Cl+. The molecule has 1 rings (SSSR count). The van der Waals surface area contributed by atoms with Gasteiger partial charge in [0.1, 0.15) is 5.56 Å². The maximum atomic E-state index is 5.48. The third-order valence-electron chi connectivity index (χ3n) is 1.11. The standard InChI is InChI=1S/C8H8Cl/c9-7-6-8-4-2-1-3-5-8/h1-6H,7H2/q+1. The van der Waals surface area contributed by atoms with Crippen molar-refractivity contribution in [3.63, 3.8) is 0 Å². The van der Waals surface area contributed by atoms with Crippen LogP contribution >= 0.6 is 11.6 Å². The lowest BCUT2D eigenvalue weighted by Gasteiger charge is -1.83. The van der Waals surface area contributed by atoms with Crippen molar-refractivity contribution in [1.29, 1.82) is 0 Å². The molecule has 0 aliphatic heterocycles. The van der Waals surface area contributed by atoms with Crippen molar-refractivity contribution in [2.45, 2.75) is 0 Å². The highest BCUT2D eigenvalue weighted by atomic mass is 35.5. The van der Waals surface area contributed by atoms with Gasteiger partial charge in [0.15, 0.2) is 0 Å². The highest BCUT2D eigenvalue weighted by Gasteiger charge is 1.95. The fourth-order valence-electron chi connectivity index (χ4n) is 0.678. The molecule has 0 aliphatic rings. The van der Waals surface area contributed by atoms with Crippen molar-refractivity contribution in [3.05, 3.63) is 42.3 Å². The fraction of sp³-hybridized carbons (Fsp3) is 0.125. The first kappa shape index (κ1) is 6.50. The largest absolute Gasteiger partial charge is 0.130 e. The van der Waals surface area contributed by atoms with E-state index in [1.165, 1.54) is 5.56 Å². The summed E-state index contributed by atoms with van der Waals surface area (Å²) in [6.45, 7) is 0. The van der Waals surface area contributed by atoms with Crippen molar-refractivity contribution in [2.24, 2.45) is 0 Å². The molecule has 0 bridgehead atoms. The Bertz CT molecular complexity index is 157. The zero-order valence-electron chi connectivity index (χ0n) is 5.05. The minimum Gasteiger partial charge on any atom is -0.107 e. The Hall–Kier alpha value is -0.620. The maximum absolute atomic E-state index is 5.48. The SMILES string of the molecule is ClC[CH+]c1ccccc1. The van der Waals surface area contributed by atoms with Gasteiger partial charge in [-0.05, 0) is 18.2 Å². The molecule has 1 heteroatoms. The second-order valence-electron chi connectivity index (χ2n) is 1.77. The van der Waals surface area contributed by atoms with E-state index >= 15 is 0 Å². The Balaban J connectivity index is 2.61. The average Bonchev–Trinajstić information content (AvgIpc) is 1.91. The predicted octanol–water partition coefficient (Wildman–Crippen LogP) is 2.48. The fourth-order valence-corrected chi connectivity index (χ4v) is 0.856. The van der Waals surface area contributed by atoms with Gasteiger partial charge in [0.05, 0.1) is 5.88 Å². The molecule has 0 amide bonds. The minimum atomic E-state index is 0.587. The quantitative estimate of drug-likeness (QED) is 0.436.